The van der Waals surface area contributed by atoms with Crippen molar-refractivity contribution in [1.29, 1.82) is 10.5 Å². The zero-order valence-electron chi connectivity index (χ0n) is 11.7. The maximum absolute atomic E-state index is 9.56. The predicted molar refractivity (Wildman–Crippen MR) is 71.2 cm³/mol. The minimum absolute atomic E-state index is 0.117. The fourth-order valence-corrected chi connectivity index (χ4v) is 4.59. The summed E-state index contributed by atoms with van der Waals surface area (Å²) in [5.41, 5.74) is -0.507. The minimum atomic E-state index is -0.872. The van der Waals surface area contributed by atoms with E-state index >= 15 is 0 Å². The van der Waals surface area contributed by atoms with Crippen LogP contribution in [0.5, 0.6) is 0 Å². The van der Waals surface area contributed by atoms with E-state index in [1.807, 2.05) is 0 Å². The van der Waals surface area contributed by atoms with Gasteiger partial charge in [-0.1, -0.05) is 26.8 Å². The Morgan fingerprint density at radius 1 is 1.33 bits per heavy atom. The molecule has 0 aromatic carbocycles. The zero-order valence-corrected chi connectivity index (χ0v) is 11.7. The minimum Gasteiger partial charge on any atom is -0.197 e. The van der Waals surface area contributed by atoms with Gasteiger partial charge in [0.25, 0.3) is 0 Å². The first-order chi connectivity index (χ1) is 8.38. The first-order valence-electron chi connectivity index (χ1n) is 6.81. The number of nitriles is 2. The lowest BCUT2D eigenvalue weighted by atomic mass is 9.58. The van der Waals surface area contributed by atoms with Crippen LogP contribution in [0.1, 0.15) is 46.5 Å². The fourth-order valence-electron chi connectivity index (χ4n) is 4.59. The Kier molecular flexibility index (Phi) is 2.82. The molecule has 0 amide bonds. The molecule has 2 aliphatic carbocycles. The molecule has 0 spiro atoms. The standard InChI is InChI=1S/C16H22N2/c1-5-7-16(10-17,11-18)13-9-12-6-8-15(13,4)14(12,2)3/h5,12-13H,1,6-9H2,2-4H3/t12-,13+,15+/m0/s1. The van der Waals surface area contributed by atoms with Crippen molar-refractivity contribution >= 4 is 0 Å². The van der Waals surface area contributed by atoms with Crippen LogP contribution in [-0.4, -0.2) is 0 Å². The molecule has 0 N–H and O–H groups in total. The Morgan fingerprint density at radius 2 is 1.94 bits per heavy atom. The first kappa shape index (κ1) is 13.2. The van der Waals surface area contributed by atoms with Crippen LogP contribution < -0.4 is 0 Å². The monoisotopic (exact) mass is 242 g/mol. The molecule has 96 valence electrons. The van der Waals surface area contributed by atoms with Gasteiger partial charge in [0.1, 0.15) is 0 Å². The van der Waals surface area contributed by atoms with Gasteiger partial charge in [0, 0.05) is 0 Å². The lowest BCUT2D eigenvalue weighted by Gasteiger charge is -2.43. The van der Waals surface area contributed by atoms with Crippen LogP contribution in [0.4, 0.5) is 0 Å². The van der Waals surface area contributed by atoms with Gasteiger partial charge in [-0.3, -0.25) is 0 Å². The van der Waals surface area contributed by atoms with E-state index in [2.05, 4.69) is 39.5 Å². The number of hydrogen-bond donors (Lipinski definition) is 0. The molecular weight excluding hydrogens is 220 g/mol. The highest BCUT2D eigenvalue weighted by molar-refractivity contribution is 5.26. The molecule has 2 rings (SSSR count). The van der Waals surface area contributed by atoms with Gasteiger partial charge in [-0.25, -0.2) is 0 Å². The molecule has 0 saturated heterocycles. The molecular formula is C16H22N2. The van der Waals surface area contributed by atoms with Gasteiger partial charge in [0.05, 0.1) is 12.1 Å². The summed E-state index contributed by atoms with van der Waals surface area (Å²) in [7, 11) is 0. The van der Waals surface area contributed by atoms with Gasteiger partial charge in [-0.2, -0.15) is 10.5 Å². The van der Waals surface area contributed by atoms with E-state index < -0.39 is 5.41 Å². The number of nitrogens with zero attached hydrogens (tertiary/aromatic N) is 2. The fraction of sp³-hybridized carbons (Fsp3) is 0.750. The van der Waals surface area contributed by atoms with Gasteiger partial charge in [-0.05, 0) is 48.3 Å². The van der Waals surface area contributed by atoms with Crippen LogP contribution in [0.25, 0.3) is 0 Å². The molecule has 2 nitrogen and oxygen atoms in total. The van der Waals surface area contributed by atoms with E-state index in [-0.39, 0.29) is 16.7 Å². The molecule has 0 radical (unpaired) electrons. The van der Waals surface area contributed by atoms with E-state index in [4.69, 9.17) is 0 Å². The molecule has 2 saturated carbocycles. The Morgan fingerprint density at radius 3 is 2.28 bits per heavy atom. The van der Waals surface area contributed by atoms with Crippen molar-refractivity contribution in [2.24, 2.45) is 28.1 Å². The molecule has 0 aromatic heterocycles. The Balaban J connectivity index is 2.46. The summed E-state index contributed by atoms with van der Waals surface area (Å²) < 4.78 is 0. The molecule has 0 aromatic rings. The summed E-state index contributed by atoms with van der Waals surface area (Å²) in [5, 5.41) is 19.1. The van der Waals surface area contributed by atoms with Gasteiger partial charge in [0.2, 0.25) is 0 Å². The lowest BCUT2D eigenvalue weighted by Crippen LogP contribution is -2.41. The molecule has 0 aliphatic heterocycles. The van der Waals surface area contributed by atoms with Crippen molar-refractivity contribution in [2.45, 2.75) is 46.5 Å². The predicted octanol–water partition coefficient (Wildman–Crippen LogP) is 4.06. The SMILES string of the molecule is C=CCC(C#N)(C#N)[C@@H]1C[C@@H]2CC[C@@]1(C)C2(C)C. The summed E-state index contributed by atoms with van der Waals surface area (Å²) in [6, 6.07) is 4.65. The van der Waals surface area contributed by atoms with Crippen molar-refractivity contribution in [2.75, 3.05) is 0 Å². The zero-order chi connectivity index (χ0) is 13.6. The number of rotatable bonds is 3. The normalized spacial score (nSPS) is 36.9. The van der Waals surface area contributed by atoms with Gasteiger partial charge in [0.15, 0.2) is 5.41 Å². The highest BCUT2D eigenvalue weighted by Gasteiger charge is 2.66. The van der Waals surface area contributed by atoms with Crippen molar-refractivity contribution in [3.63, 3.8) is 0 Å². The lowest BCUT2D eigenvalue weighted by molar-refractivity contribution is 0.0601. The van der Waals surface area contributed by atoms with Crippen molar-refractivity contribution in [1.82, 2.24) is 0 Å². The average Bonchev–Trinajstić information content (AvgIpc) is 2.69. The number of allylic oxidation sites excluding steroid dienone is 1. The van der Waals surface area contributed by atoms with E-state index in [0.29, 0.717) is 12.3 Å². The van der Waals surface area contributed by atoms with Gasteiger partial charge >= 0.3 is 0 Å². The molecule has 0 heterocycles. The van der Waals surface area contributed by atoms with Crippen LogP contribution in [0.3, 0.4) is 0 Å². The summed E-state index contributed by atoms with van der Waals surface area (Å²) in [5.74, 6) is 0.852. The smallest absolute Gasteiger partial charge is 0.150 e. The second-order valence-corrected chi connectivity index (χ2v) is 6.85. The van der Waals surface area contributed by atoms with Crippen molar-refractivity contribution in [3.05, 3.63) is 12.7 Å². The molecule has 2 aliphatic rings. The Bertz CT molecular complexity index is 435. The largest absolute Gasteiger partial charge is 0.197 e. The topological polar surface area (TPSA) is 47.6 Å². The van der Waals surface area contributed by atoms with Crippen molar-refractivity contribution in [3.8, 4) is 12.1 Å². The molecule has 18 heavy (non-hydrogen) atoms. The quantitative estimate of drug-likeness (QED) is 0.701. The Labute approximate surface area is 110 Å². The van der Waals surface area contributed by atoms with Crippen molar-refractivity contribution < 1.29 is 0 Å². The highest BCUT2D eigenvalue weighted by Crippen LogP contribution is 2.71. The summed E-state index contributed by atoms with van der Waals surface area (Å²) in [6.45, 7) is 10.7. The summed E-state index contributed by atoms with van der Waals surface area (Å²) in [4.78, 5) is 0. The molecule has 3 atom stereocenters. The molecule has 2 bridgehead atoms. The molecule has 2 heteroatoms. The third kappa shape index (κ3) is 1.33. The van der Waals surface area contributed by atoms with Crippen LogP contribution in [0, 0.1) is 50.7 Å². The first-order valence-corrected chi connectivity index (χ1v) is 6.81. The van der Waals surface area contributed by atoms with Crippen LogP contribution in [0.15, 0.2) is 12.7 Å². The highest BCUT2D eigenvalue weighted by atomic mass is 14.7. The van der Waals surface area contributed by atoms with E-state index in [1.165, 1.54) is 6.42 Å². The Hall–Kier alpha value is -1.28. The molecule has 2 fully saturated rings. The third-order valence-electron chi connectivity index (χ3n) is 6.25. The van der Waals surface area contributed by atoms with Gasteiger partial charge < -0.3 is 0 Å². The second kappa shape index (κ2) is 3.86. The van der Waals surface area contributed by atoms with E-state index in [0.717, 1.165) is 12.8 Å². The van der Waals surface area contributed by atoms with Gasteiger partial charge in [-0.15, -0.1) is 6.58 Å². The van der Waals surface area contributed by atoms with Crippen LogP contribution >= 0.6 is 0 Å². The summed E-state index contributed by atoms with van der Waals surface area (Å²) >= 11 is 0. The average molecular weight is 242 g/mol. The maximum atomic E-state index is 9.56. The van der Waals surface area contributed by atoms with E-state index in [1.54, 1.807) is 6.08 Å². The number of fused-ring (bicyclic) bond motifs is 2. The van der Waals surface area contributed by atoms with E-state index in [9.17, 15) is 10.5 Å². The van der Waals surface area contributed by atoms with Crippen LogP contribution in [0.2, 0.25) is 0 Å². The van der Waals surface area contributed by atoms with Crippen LogP contribution in [-0.2, 0) is 0 Å². The number of hydrogen-bond acceptors (Lipinski definition) is 2. The molecule has 0 unspecified atom stereocenters. The summed E-state index contributed by atoms with van der Waals surface area (Å²) in [6.07, 6.45) is 5.65. The second-order valence-electron chi connectivity index (χ2n) is 6.85. The maximum Gasteiger partial charge on any atom is 0.150 e. The third-order valence-corrected chi connectivity index (χ3v) is 6.25.